The molecule has 0 aromatic heterocycles. The van der Waals surface area contributed by atoms with Gasteiger partial charge in [0.05, 0.1) is 18.7 Å². The number of nitrogens with zero attached hydrogens (tertiary/aromatic N) is 1. The summed E-state index contributed by atoms with van der Waals surface area (Å²) in [5.41, 5.74) is -0.859. The third kappa shape index (κ3) is 2.48. The molecule has 1 N–H and O–H groups in total. The Kier molecular flexibility index (Phi) is 4.10. The molecule has 0 radical (unpaired) electrons. The standard InChI is InChI=1S/C11H18N2O2/c1-3-11(4-2,8-12)10(14)13-9-5-6-15-7-9/h9H,3-7H2,1-2H3,(H,13,14). The topological polar surface area (TPSA) is 62.1 Å². The lowest BCUT2D eigenvalue weighted by Crippen LogP contribution is -2.44. The highest BCUT2D eigenvalue weighted by molar-refractivity contribution is 5.85. The van der Waals surface area contributed by atoms with E-state index in [0.29, 0.717) is 26.1 Å². The van der Waals surface area contributed by atoms with Crippen LogP contribution >= 0.6 is 0 Å². The molecule has 15 heavy (non-hydrogen) atoms. The number of ether oxygens (including phenoxy) is 1. The van der Waals surface area contributed by atoms with Crippen molar-refractivity contribution < 1.29 is 9.53 Å². The third-order valence-electron chi connectivity index (χ3n) is 3.12. The maximum atomic E-state index is 11.9. The summed E-state index contributed by atoms with van der Waals surface area (Å²) in [6.07, 6.45) is 1.96. The van der Waals surface area contributed by atoms with Crippen LogP contribution in [0.25, 0.3) is 0 Å². The second kappa shape index (κ2) is 5.13. The highest BCUT2D eigenvalue weighted by atomic mass is 16.5. The van der Waals surface area contributed by atoms with E-state index < -0.39 is 5.41 Å². The molecule has 1 heterocycles. The first-order chi connectivity index (χ1) is 7.18. The lowest BCUT2D eigenvalue weighted by atomic mass is 9.83. The van der Waals surface area contributed by atoms with E-state index in [2.05, 4.69) is 11.4 Å². The van der Waals surface area contributed by atoms with Crippen molar-refractivity contribution in [1.82, 2.24) is 5.32 Å². The number of nitrogens with one attached hydrogen (secondary N) is 1. The minimum Gasteiger partial charge on any atom is -0.379 e. The number of carbonyl (C=O) groups excluding carboxylic acids is 1. The number of nitriles is 1. The van der Waals surface area contributed by atoms with Crippen molar-refractivity contribution in [1.29, 1.82) is 5.26 Å². The van der Waals surface area contributed by atoms with Crippen molar-refractivity contribution in [2.45, 2.75) is 39.2 Å². The van der Waals surface area contributed by atoms with Crippen LogP contribution in [0, 0.1) is 16.7 Å². The summed E-state index contributed by atoms with van der Waals surface area (Å²) in [5, 5.41) is 12.0. The zero-order valence-electron chi connectivity index (χ0n) is 9.38. The Morgan fingerprint density at radius 3 is 2.67 bits per heavy atom. The van der Waals surface area contributed by atoms with Gasteiger partial charge in [-0.05, 0) is 19.3 Å². The van der Waals surface area contributed by atoms with Gasteiger partial charge in [0.2, 0.25) is 5.91 Å². The number of hydrogen-bond donors (Lipinski definition) is 1. The average molecular weight is 210 g/mol. The van der Waals surface area contributed by atoms with E-state index in [1.807, 2.05) is 13.8 Å². The van der Waals surface area contributed by atoms with Gasteiger partial charge in [0, 0.05) is 6.61 Å². The molecule has 84 valence electrons. The van der Waals surface area contributed by atoms with Gasteiger partial charge in [-0.15, -0.1) is 0 Å². The van der Waals surface area contributed by atoms with Crippen LogP contribution in [0.2, 0.25) is 0 Å². The monoisotopic (exact) mass is 210 g/mol. The molecule has 1 saturated heterocycles. The molecule has 1 fully saturated rings. The number of amides is 1. The zero-order valence-corrected chi connectivity index (χ0v) is 9.38. The molecule has 0 bridgehead atoms. The molecule has 0 aliphatic carbocycles. The Bertz CT molecular complexity index is 260. The molecular weight excluding hydrogens is 192 g/mol. The summed E-state index contributed by atoms with van der Waals surface area (Å²) in [7, 11) is 0. The van der Waals surface area contributed by atoms with E-state index >= 15 is 0 Å². The first-order valence-corrected chi connectivity index (χ1v) is 5.48. The Balaban J connectivity index is 2.60. The van der Waals surface area contributed by atoms with Crippen LogP contribution in [0.4, 0.5) is 0 Å². The van der Waals surface area contributed by atoms with Gasteiger partial charge in [-0.1, -0.05) is 13.8 Å². The normalized spacial score (nSPS) is 21.0. The predicted octanol–water partition coefficient (Wildman–Crippen LogP) is 1.22. The minimum absolute atomic E-state index is 0.0864. The fourth-order valence-electron chi connectivity index (χ4n) is 1.75. The maximum Gasteiger partial charge on any atom is 0.240 e. The molecule has 4 nitrogen and oxygen atoms in total. The summed E-state index contributed by atoms with van der Waals surface area (Å²) in [4.78, 5) is 11.9. The predicted molar refractivity (Wildman–Crippen MR) is 56.0 cm³/mol. The van der Waals surface area contributed by atoms with E-state index in [-0.39, 0.29) is 11.9 Å². The van der Waals surface area contributed by atoms with Gasteiger partial charge in [0.15, 0.2) is 0 Å². The number of rotatable bonds is 4. The van der Waals surface area contributed by atoms with E-state index in [1.165, 1.54) is 0 Å². The summed E-state index contributed by atoms with van der Waals surface area (Å²) < 4.78 is 5.17. The van der Waals surface area contributed by atoms with E-state index in [4.69, 9.17) is 10.00 Å². The largest absolute Gasteiger partial charge is 0.379 e. The molecule has 0 spiro atoms. The summed E-state index contributed by atoms with van der Waals surface area (Å²) in [5.74, 6) is -0.148. The van der Waals surface area contributed by atoms with E-state index in [9.17, 15) is 4.79 Å². The Morgan fingerprint density at radius 2 is 2.27 bits per heavy atom. The van der Waals surface area contributed by atoms with Crippen LogP contribution in [0.1, 0.15) is 33.1 Å². The molecule has 1 aliphatic rings. The average Bonchev–Trinajstić information content (AvgIpc) is 2.74. The smallest absolute Gasteiger partial charge is 0.240 e. The molecule has 1 atom stereocenters. The van der Waals surface area contributed by atoms with Crippen LogP contribution in [-0.4, -0.2) is 25.2 Å². The first kappa shape index (κ1) is 12.0. The van der Waals surface area contributed by atoms with Crippen LogP contribution in [-0.2, 0) is 9.53 Å². The molecule has 0 aromatic rings. The van der Waals surface area contributed by atoms with Crippen molar-refractivity contribution in [2.24, 2.45) is 5.41 Å². The van der Waals surface area contributed by atoms with Crippen LogP contribution < -0.4 is 5.32 Å². The molecule has 0 aromatic carbocycles. The Morgan fingerprint density at radius 1 is 1.60 bits per heavy atom. The second-order valence-corrected chi connectivity index (χ2v) is 3.93. The number of hydrogen-bond acceptors (Lipinski definition) is 3. The molecule has 4 heteroatoms. The zero-order chi connectivity index (χ0) is 11.3. The summed E-state index contributed by atoms with van der Waals surface area (Å²) in [6.45, 7) is 5.01. The molecule has 1 rings (SSSR count). The number of carbonyl (C=O) groups is 1. The van der Waals surface area contributed by atoms with Gasteiger partial charge >= 0.3 is 0 Å². The minimum atomic E-state index is -0.859. The van der Waals surface area contributed by atoms with Crippen LogP contribution in [0.5, 0.6) is 0 Å². The summed E-state index contributed by atoms with van der Waals surface area (Å²) in [6, 6.07) is 2.22. The maximum absolute atomic E-state index is 11.9. The van der Waals surface area contributed by atoms with Gasteiger partial charge in [0.25, 0.3) is 0 Å². The Labute approximate surface area is 90.6 Å². The fourth-order valence-corrected chi connectivity index (χ4v) is 1.75. The van der Waals surface area contributed by atoms with Gasteiger partial charge in [0.1, 0.15) is 5.41 Å². The van der Waals surface area contributed by atoms with Crippen LogP contribution in [0.3, 0.4) is 0 Å². The molecule has 1 aliphatic heterocycles. The van der Waals surface area contributed by atoms with Crippen molar-refractivity contribution in [2.75, 3.05) is 13.2 Å². The van der Waals surface area contributed by atoms with Crippen molar-refractivity contribution in [3.63, 3.8) is 0 Å². The van der Waals surface area contributed by atoms with E-state index in [0.717, 1.165) is 6.42 Å². The molecule has 1 unspecified atom stereocenters. The second-order valence-electron chi connectivity index (χ2n) is 3.93. The molecule has 0 saturated carbocycles. The van der Waals surface area contributed by atoms with Crippen LogP contribution in [0.15, 0.2) is 0 Å². The third-order valence-corrected chi connectivity index (χ3v) is 3.12. The first-order valence-electron chi connectivity index (χ1n) is 5.48. The Hall–Kier alpha value is -1.08. The lowest BCUT2D eigenvalue weighted by Gasteiger charge is -2.24. The van der Waals surface area contributed by atoms with Gasteiger partial charge in [-0.25, -0.2) is 0 Å². The van der Waals surface area contributed by atoms with Gasteiger partial charge < -0.3 is 10.1 Å². The molecule has 1 amide bonds. The van der Waals surface area contributed by atoms with E-state index in [1.54, 1.807) is 0 Å². The van der Waals surface area contributed by atoms with Crippen molar-refractivity contribution in [3.8, 4) is 6.07 Å². The lowest BCUT2D eigenvalue weighted by molar-refractivity contribution is -0.129. The van der Waals surface area contributed by atoms with Gasteiger partial charge in [-0.3, -0.25) is 4.79 Å². The van der Waals surface area contributed by atoms with Crippen molar-refractivity contribution in [3.05, 3.63) is 0 Å². The summed E-state index contributed by atoms with van der Waals surface area (Å²) >= 11 is 0. The SMILES string of the molecule is CCC(C#N)(CC)C(=O)NC1CCOC1. The van der Waals surface area contributed by atoms with Gasteiger partial charge in [-0.2, -0.15) is 5.26 Å². The fraction of sp³-hybridized carbons (Fsp3) is 0.818. The molecular formula is C11H18N2O2. The quantitative estimate of drug-likeness (QED) is 0.759. The highest BCUT2D eigenvalue weighted by Crippen LogP contribution is 2.25. The highest BCUT2D eigenvalue weighted by Gasteiger charge is 2.36. The van der Waals surface area contributed by atoms with Crippen molar-refractivity contribution >= 4 is 5.91 Å².